The summed E-state index contributed by atoms with van der Waals surface area (Å²) in [5.74, 6) is -2.40. The fourth-order valence-electron chi connectivity index (χ4n) is 1.39. The quantitative estimate of drug-likeness (QED) is 0.584. The third kappa shape index (κ3) is 4.81. The molecular formula is C9H17NO4. The van der Waals surface area contributed by atoms with Crippen LogP contribution in [0.3, 0.4) is 0 Å². The fraction of sp³-hybridized carbons (Fsp3) is 0.778. The smallest absolute Gasteiger partial charge is 0.320 e. The Kier molecular flexibility index (Phi) is 5.15. The van der Waals surface area contributed by atoms with Gasteiger partial charge in [0.1, 0.15) is 6.04 Å². The van der Waals surface area contributed by atoms with Crippen molar-refractivity contribution in [3.63, 3.8) is 0 Å². The fourth-order valence-corrected chi connectivity index (χ4v) is 1.39. The van der Waals surface area contributed by atoms with Gasteiger partial charge < -0.3 is 15.9 Å². The van der Waals surface area contributed by atoms with E-state index in [2.05, 4.69) is 0 Å². The third-order valence-electron chi connectivity index (χ3n) is 2.00. The first-order chi connectivity index (χ1) is 6.34. The van der Waals surface area contributed by atoms with E-state index in [4.69, 9.17) is 15.9 Å². The van der Waals surface area contributed by atoms with E-state index in [-0.39, 0.29) is 12.3 Å². The van der Waals surface area contributed by atoms with E-state index in [1.165, 1.54) is 0 Å². The molecule has 0 aromatic rings. The van der Waals surface area contributed by atoms with Gasteiger partial charge in [-0.3, -0.25) is 9.59 Å². The van der Waals surface area contributed by atoms with Crippen LogP contribution in [-0.4, -0.2) is 28.2 Å². The number of carbonyl (C=O) groups is 2. The highest BCUT2D eigenvalue weighted by atomic mass is 16.4. The first kappa shape index (κ1) is 12.9. The molecule has 0 aliphatic carbocycles. The van der Waals surface area contributed by atoms with Gasteiger partial charge in [-0.25, -0.2) is 0 Å². The summed E-state index contributed by atoms with van der Waals surface area (Å²) in [6.45, 7) is 3.81. The Morgan fingerprint density at radius 1 is 1.29 bits per heavy atom. The Balaban J connectivity index is 4.37. The molecule has 0 amide bonds. The summed E-state index contributed by atoms with van der Waals surface area (Å²) >= 11 is 0. The molecule has 0 unspecified atom stereocenters. The number of rotatable bonds is 6. The molecule has 2 atom stereocenters. The summed E-state index contributed by atoms with van der Waals surface area (Å²) in [6.07, 6.45) is 0.325. The summed E-state index contributed by atoms with van der Waals surface area (Å²) in [5, 5.41) is 17.2. The number of nitrogens with two attached hydrogens (primary N) is 1. The Morgan fingerprint density at radius 3 is 2.07 bits per heavy atom. The molecule has 0 saturated carbocycles. The molecule has 0 spiro atoms. The van der Waals surface area contributed by atoms with E-state index >= 15 is 0 Å². The minimum atomic E-state index is -1.14. The SMILES string of the molecule is CC(C)C[C@@H](CC(=O)O)[C@@H](N)C(=O)O. The molecule has 0 aromatic carbocycles. The van der Waals surface area contributed by atoms with Gasteiger partial charge in [-0.2, -0.15) is 0 Å². The molecule has 0 rings (SSSR count). The summed E-state index contributed by atoms with van der Waals surface area (Å²) in [5.41, 5.74) is 5.39. The number of carboxylic acid groups (broad SMARTS) is 2. The van der Waals surface area contributed by atoms with Crippen LogP contribution in [0, 0.1) is 11.8 Å². The summed E-state index contributed by atoms with van der Waals surface area (Å²) in [4.78, 5) is 21.1. The van der Waals surface area contributed by atoms with Crippen molar-refractivity contribution in [2.45, 2.75) is 32.7 Å². The van der Waals surface area contributed by atoms with Crippen LogP contribution in [0.15, 0.2) is 0 Å². The molecule has 5 heteroatoms. The van der Waals surface area contributed by atoms with Crippen molar-refractivity contribution in [3.8, 4) is 0 Å². The molecule has 5 nitrogen and oxygen atoms in total. The summed E-state index contributed by atoms with van der Waals surface area (Å²) in [7, 11) is 0. The predicted octanol–water partition coefficient (Wildman–Crippen LogP) is 0.535. The zero-order valence-corrected chi connectivity index (χ0v) is 8.43. The lowest BCUT2D eigenvalue weighted by Gasteiger charge is -2.20. The standard InChI is InChI=1S/C9H17NO4/c1-5(2)3-6(4-7(11)12)8(10)9(13)14/h5-6,8H,3-4,10H2,1-2H3,(H,11,12)(H,13,14)/t6-,8+/m0/s1. The number of hydrogen-bond acceptors (Lipinski definition) is 3. The van der Waals surface area contributed by atoms with Gasteiger partial charge >= 0.3 is 11.9 Å². The van der Waals surface area contributed by atoms with Crippen molar-refractivity contribution in [2.75, 3.05) is 0 Å². The van der Waals surface area contributed by atoms with Gasteiger partial charge in [-0.15, -0.1) is 0 Å². The van der Waals surface area contributed by atoms with Crippen LogP contribution in [0.1, 0.15) is 26.7 Å². The van der Waals surface area contributed by atoms with Crippen LogP contribution in [-0.2, 0) is 9.59 Å². The highest BCUT2D eigenvalue weighted by molar-refractivity contribution is 5.75. The van der Waals surface area contributed by atoms with Crippen LogP contribution in [0.2, 0.25) is 0 Å². The minimum absolute atomic E-state index is 0.189. The molecule has 0 saturated heterocycles. The number of carboxylic acids is 2. The van der Waals surface area contributed by atoms with Crippen LogP contribution >= 0.6 is 0 Å². The highest BCUT2D eigenvalue weighted by Crippen LogP contribution is 2.18. The van der Waals surface area contributed by atoms with E-state index in [0.717, 1.165) is 0 Å². The molecule has 14 heavy (non-hydrogen) atoms. The van der Waals surface area contributed by atoms with Gasteiger partial charge in [0, 0.05) is 0 Å². The first-order valence-corrected chi connectivity index (χ1v) is 4.54. The van der Waals surface area contributed by atoms with Crippen molar-refractivity contribution in [1.29, 1.82) is 0 Å². The minimum Gasteiger partial charge on any atom is -0.481 e. The Bertz CT molecular complexity index is 215. The van der Waals surface area contributed by atoms with Crippen molar-refractivity contribution >= 4 is 11.9 Å². The Hall–Kier alpha value is -1.10. The lowest BCUT2D eigenvalue weighted by molar-refractivity contribution is -0.142. The maximum absolute atomic E-state index is 10.6. The van der Waals surface area contributed by atoms with Gasteiger partial charge in [0.25, 0.3) is 0 Å². The molecular weight excluding hydrogens is 186 g/mol. The van der Waals surface area contributed by atoms with Crippen molar-refractivity contribution in [2.24, 2.45) is 17.6 Å². The van der Waals surface area contributed by atoms with Crippen LogP contribution in [0.4, 0.5) is 0 Å². The Morgan fingerprint density at radius 2 is 1.79 bits per heavy atom. The second kappa shape index (κ2) is 5.59. The van der Waals surface area contributed by atoms with Gasteiger partial charge in [-0.05, 0) is 18.3 Å². The van der Waals surface area contributed by atoms with Gasteiger partial charge in [0.05, 0.1) is 6.42 Å². The zero-order chi connectivity index (χ0) is 11.3. The average Bonchev–Trinajstić information content (AvgIpc) is 1.99. The van der Waals surface area contributed by atoms with Crippen molar-refractivity contribution < 1.29 is 19.8 Å². The van der Waals surface area contributed by atoms with Crippen molar-refractivity contribution in [3.05, 3.63) is 0 Å². The molecule has 0 fully saturated rings. The lowest BCUT2D eigenvalue weighted by Crippen LogP contribution is -2.39. The lowest BCUT2D eigenvalue weighted by atomic mass is 9.88. The summed E-state index contributed by atoms with van der Waals surface area (Å²) in [6, 6.07) is -1.09. The monoisotopic (exact) mass is 203 g/mol. The second-order valence-corrected chi connectivity index (χ2v) is 3.85. The van der Waals surface area contributed by atoms with E-state index < -0.39 is 23.9 Å². The molecule has 0 radical (unpaired) electrons. The van der Waals surface area contributed by atoms with E-state index in [9.17, 15) is 9.59 Å². The first-order valence-electron chi connectivity index (χ1n) is 4.54. The largest absolute Gasteiger partial charge is 0.481 e. The van der Waals surface area contributed by atoms with Crippen LogP contribution in [0.5, 0.6) is 0 Å². The molecule has 0 aliphatic rings. The van der Waals surface area contributed by atoms with Crippen LogP contribution < -0.4 is 5.73 Å². The van der Waals surface area contributed by atoms with E-state index in [1.54, 1.807) is 0 Å². The molecule has 82 valence electrons. The third-order valence-corrected chi connectivity index (χ3v) is 2.00. The van der Waals surface area contributed by atoms with Gasteiger partial charge in [-0.1, -0.05) is 13.8 Å². The molecule has 0 heterocycles. The maximum atomic E-state index is 10.6. The number of hydrogen-bond donors (Lipinski definition) is 3. The highest BCUT2D eigenvalue weighted by Gasteiger charge is 2.26. The summed E-state index contributed by atoms with van der Waals surface area (Å²) < 4.78 is 0. The normalized spacial score (nSPS) is 15.1. The molecule has 0 aliphatic heterocycles. The van der Waals surface area contributed by atoms with E-state index in [0.29, 0.717) is 6.42 Å². The average molecular weight is 203 g/mol. The zero-order valence-electron chi connectivity index (χ0n) is 8.43. The molecule has 4 N–H and O–H groups in total. The van der Waals surface area contributed by atoms with Gasteiger partial charge in [0.2, 0.25) is 0 Å². The molecule has 0 aromatic heterocycles. The predicted molar refractivity (Wildman–Crippen MR) is 50.8 cm³/mol. The topological polar surface area (TPSA) is 101 Å². The number of aliphatic carboxylic acids is 2. The molecule has 0 bridgehead atoms. The Labute approximate surface area is 82.9 Å². The maximum Gasteiger partial charge on any atom is 0.320 e. The van der Waals surface area contributed by atoms with E-state index in [1.807, 2.05) is 13.8 Å². The van der Waals surface area contributed by atoms with Crippen molar-refractivity contribution in [1.82, 2.24) is 0 Å². The van der Waals surface area contributed by atoms with Crippen LogP contribution in [0.25, 0.3) is 0 Å². The second-order valence-electron chi connectivity index (χ2n) is 3.85. The van der Waals surface area contributed by atoms with Gasteiger partial charge in [0.15, 0.2) is 0 Å².